The van der Waals surface area contributed by atoms with Crippen LogP contribution in [0.4, 0.5) is 22.0 Å². The van der Waals surface area contributed by atoms with Crippen molar-refractivity contribution in [3.63, 3.8) is 0 Å². The van der Waals surface area contributed by atoms with E-state index in [4.69, 9.17) is 0 Å². The lowest BCUT2D eigenvalue weighted by atomic mass is 10.2. The molecule has 0 aliphatic carbocycles. The summed E-state index contributed by atoms with van der Waals surface area (Å²) in [5.41, 5.74) is 1.61. The molecule has 0 unspecified atom stereocenters. The average molecular weight is 366 g/mol. The van der Waals surface area contributed by atoms with Crippen LogP contribution in [0.25, 0.3) is 0 Å². The lowest BCUT2D eigenvalue weighted by Gasteiger charge is -2.35. The fourth-order valence-corrected chi connectivity index (χ4v) is 3.45. The molecule has 1 N–H and O–H groups in total. The Morgan fingerprint density at radius 1 is 1.00 bits per heavy atom. The first-order valence-electron chi connectivity index (χ1n) is 9.20. The summed E-state index contributed by atoms with van der Waals surface area (Å²) in [6.45, 7) is 3.47. The van der Waals surface area contributed by atoms with Crippen LogP contribution in [0.15, 0.2) is 42.6 Å². The van der Waals surface area contributed by atoms with Crippen molar-refractivity contribution in [2.45, 2.75) is 12.8 Å². The molecule has 0 bridgehead atoms. The predicted molar refractivity (Wildman–Crippen MR) is 103 cm³/mol. The van der Waals surface area contributed by atoms with Gasteiger partial charge in [0.05, 0.1) is 0 Å². The number of benzene rings is 1. The van der Waals surface area contributed by atoms with E-state index < -0.39 is 0 Å². The van der Waals surface area contributed by atoms with Crippen molar-refractivity contribution in [2.75, 3.05) is 47.8 Å². The summed E-state index contributed by atoms with van der Waals surface area (Å²) in [5, 5.41) is 10.9. The molecule has 8 nitrogen and oxygen atoms in total. The van der Waals surface area contributed by atoms with E-state index in [1.807, 2.05) is 36.4 Å². The van der Waals surface area contributed by atoms with Gasteiger partial charge in [-0.25, -0.2) is 4.79 Å². The van der Waals surface area contributed by atoms with Gasteiger partial charge < -0.3 is 20.0 Å². The molecule has 2 saturated heterocycles. The van der Waals surface area contributed by atoms with Crippen molar-refractivity contribution in [2.24, 2.45) is 0 Å². The van der Waals surface area contributed by atoms with Crippen LogP contribution < -0.4 is 15.1 Å². The molecule has 0 spiro atoms. The first-order valence-corrected chi connectivity index (χ1v) is 9.20. The van der Waals surface area contributed by atoms with E-state index in [-0.39, 0.29) is 11.9 Å². The number of carbonyl (C=O) groups excluding carboxylic acids is 2. The smallest absolute Gasteiger partial charge is 0.321 e. The van der Waals surface area contributed by atoms with E-state index in [2.05, 4.69) is 20.4 Å². The van der Waals surface area contributed by atoms with Gasteiger partial charge in [0.15, 0.2) is 5.82 Å². The van der Waals surface area contributed by atoms with Gasteiger partial charge in [0.2, 0.25) is 5.91 Å². The predicted octanol–water partition coefficient (Wildman–Crippen LogP) is 1.96. The van der Waals surface area contributed by atoms with Crippen molar-refractivity contribution in [3.8, 4) is 0 Å². The van der Waals surface area contributed by atoms with Crippen LogP contribution in [0.5, 0.6) is 0 Å². The largest absolute Gasteiger partial charge is 0.352 e. The third-order valence-corrected chi connectivity index (χ3v) is 4.95. The Bertz CT molecular complexity index is 803. The maximum Gasteiger partial charge on any atom is 0.321 e. The highest BCUT2D eigenvalue weighted by Crippen LogP contribution is 2.23. The number of carbonyl (C=O) groups is 2. The molecule has 0 radical (unpaired) electrons. The van der Waals surface area contributed by atoms with Crippen LogP contribution in [0.3, 0.4) is 0 Å². The molecule has 1 aromatic carbocycles. The van der Waals surface area contributed by atoms with Crippen LogP contribution in [0, 0.1) is 0 Å². The molecule has 27 heavy (non-hydrogen) atoms. The van der Waals surface area contributed by atoms with E-state index >= 15 is 0 Å². The van der Waals surface area contributed by atoms with Crippen molar-refractivity contribution in [3.05, 3.63) is 42.6 Å². The molecular formula is C19H22N6O2. The molecule has 2 aliphatic rings. The van der Waals surface area contributed by atoms with Gasteiger partial charge in [0.25, 0.3) is 0 Å². The van der Waals surface area contributed by atoms with E-state index in [0.29, 0.717) is 19.5 Å². The molecule has 0 atom stereocenters. The number of hydrogen-bond acceptors (Lipinski definition) is 5. The molecule has 2 aliphatic heterocycles. The number of nitrogens with zero attached hydrogens (tertiary/aromatic N) is 5. The minimum atomic E-state index is -0.112. The summed E-state index contributed by atoms with van der Waals surface area (Å²) in [6, 6.07) is 11.1. The van der Waals surface area contributed by atoms with Gasteiger partial charge in [0, 0.05) is 56.7 Å². The Kier molecular flexibility index (Phi) is 4.86. The number of nitrogens with one attached hydrogen (secondary N) is 1. The molecule has 1 aromatic heterocycles. The molecule has 4 rings (SSSR count). The van der Waals surface area contributed by atoms with Gasteiger partial charge in [0.1, 0.15) is 0 Å². The lowest BCUT2D eigenvalue weighted by molar-refractivity contribution is -0.117. The third-order valence-electron chi connectivity index (χ3n) is 4.95. The quantitative estimate of drug-likeness (QED) is 0.898. The Hall–Kier alpha value is -3.16. The van der Waals surface area contributed by atoms with Gasteiger partial charge >= 0.3 is 6.03 Å². The zero-order valence-corrected chi connectivity index (χ0v) is 15.0. The third kappa shape index (κ3) is 3.84. The fraction of sp³-hybridized carbons (Fsp3) is 0.368. The van der Waals surface area contributed by atoms with Gasteiger partial charge in [-0.2, -0.15) is 5.10 Å². The zero-order valence-electron chi connectivity index (χ0n) is 15.0. The molecule has 140 valence electrons. The van der Waals surface area contributed by atoms with E-state index in [1.54, 1.807) is 16.0 Å². The Morgan fingerprint density at radius 3 is 2.41 bits per heavy atom. The summed E-state index contributed by atoms with van der Waals surface area (Å²) < 4.78 is 0. The number of aromatic nitrogens is 2. The SMILES string of the molecule is O=C(Nc1ccc(N2CCCC2=O)cc1)N1CCN(c2cccnn2)CC1. The monoisotopic (exact) mass is 366 g/mol. The van der Waals surface area contributed by atoms with E-state index in [0.717, 1.165) is 43.2 Å². The number of urea groups is 1. The summed E-state index contributed by atoms with van der Waals surface area (Å²) >= 11 is 0. The Balaban J connectivity index is 1.31. The number of piperazine rings is 1. The molecule has 2 aromatic rings. The number of hydrogen-bond donors (Lipinski definition) is 1. The van der Waals surface area contributed by atoms with E-state index in [1.165, 1.54) is 0 Å². The highest BCUT2D eigenvalue weighted by molar-refractivity contribution is 5.96. The normalized spacial score (nSPS) is 17.3. The summed E-state index contributed by atoms with van der Waals surface area (Å²) in [4.78, 5) is 30.0. The molecule has 2 fully saturated rings. The van der Waals surface area contributed by atoms with E-state index in [9.17, 15) is 9.59 Å². The molecule has 8 heteroatoms. The van der Waals surface area contributed by atoms with Crippen LogP contribution in [0.1, 0.15) is 12.8 Å². The van der Waals surface area contributed by atoms with Crippen molar-refractivity contribution >= 4 is 29.1 Å². The second-order valence-corrected chi connectivity index (χ2v) is 6.68. The lowest BCUT2D eigenvalue weighted by Crippen LogP contribution is -2.50. The minimum absolute atomic E-state index is 0.112. The molecular weight excluding hydrogens is 344 g/mol. The summed E-state index contributed by atoms with van der Waals surface area (Å²) in [6.07, 6.45) is 3.16. The first-order chi connectivity index (χ1) is 13.2. The molecule has 3 amide bonds. The topological polar surface area (TPSA) is 81.7 Å². The van der Waals surface area contributed by atoms with Gasteiger partial charge in [-0.1, -0.05) is 0 Å². The van der Waals surface area contributed by atoms with Crippen molar-refractivity contribution in [1.82, 2.24) is 15.1 Å². The second kappa shape index (κ2) is 7.61. The van der Waals surface area contributed by atoms with Crippen LogP contribution >= 0.6 is 0 Å². The van der Waals surface area contributed by atoms with Crippen LogP contribution in [-0.4, -0.2) is 59.8 Å². The zero-order chi connectivity index (χ0) is 18.6. The Morgan fingerprint density at radius 2 is 1.78 bits per heavy atom. The molecule has 0 saturated carbocycles. The highest BCUT2D eigenvalue weighted by Gasteiger charge is 2.23. The van der Waals surface area contributed by atoms with Crippen LogP contribution in [0.2, 0.25) is 0 Å². The fourth-order valence-electron chi connectivity index (χ4n) is 3.45. The Labute approximate surface area is 157 Å². The maximum absolute atomic E-state index is 12.5. The second-order valence-electron chi connectivity index (χ2n) is 6.68. The maximum atomic E-state index is 12.5. The number of anilines is 3. The van der Waals surface area contributed by atoms with Crippen molar-refractivity contribution < 1.29 is 9.59 Å². The van der Waals surface area contributed by atoms with Crippen LogP contribution in [-0.2, 0) is 4.79 Å². The summed E-state index contributed by atoms with van der Waals surface area (Å²) in [5.74, 6) is 0.998. The summed E-state index contributed by atoms with van der Waals surface area (Å²) in [7, 11) is 0. The molecule has 3 heterocycles. The highest BCUT2D eigenvalue weighted by atomic mass is 16.2. The average Bonchev–Trinajstić information content (AvgIpc) is 3.15. The minimum Gasteiger partial charge on any atom is -0.352 e. The van der Waals surface area contributed by atoms with Crippen molar-refractivity contribution in [1.29, 1.82) is 0 Å². The number of amides is 3. The standard InChI is InChI=1S/C19H22N6O2/c26-18-4-2-10-25(18)16-7-5-15(6-8-16)21-19(27)24-13-11-23(12-14-24)17-3-1-9-20-22-17/h1,3,5-9H,2,4,10-14H2,(H,21,27). The van der Waals surface area contributed by atoms with Gasteiger partial charge in [-0.15, -0.1) is 5.10 Å². The first kappa shape index (κ1) is 17.3. The van der Waals surface area contributed by atoms with Gasteiger partial charge in [-0.3, -0.25) is 4.79 Å². The van der Waals surface area contributed by atoms with Gasteiger partial charge in [-0.05, 0) is 42.8 Å². The number of rotatable bonds is 3.